The van der Waals surface area contributed by atoms with Crippen molar-refractivity contribution in [2.75, 3.05) is 50.7 Å². The van der Waals surface area contributed by atoms with Crippen LogP contribution in [-0.2, 0) is 14.2 Å². The van der Waals surface area contributed by atoms with Gasteiger partial charge in [-0.15, -0.1) is 0 Å². The number of methoxy groups -OCH3 is 2. The van der Waals surface area contributed by atoms with Crippen LogP contribution in [0, 0.1) is 0 Å². The largest absolute Gasteiger partial charge is 0.465 e. The molecule has 1 N–H and O–H groups in total. The highest BCUT2D eigenvalue weighted by Gasteiger charge is 2.38. The molecule has 0 spiro atoms. The molecule has 2 aliphatic heterocycles. The van der Waals surface area contributed by atoms with Crippen molar-refractivity contribution in [3.63, 3.8) is 0 Å². The Kier molecular flexibility index (Phi) is 7.70. The SMILES string of the molecule is COC(=O)c1cc(NC2=NC(C)(OC)N(C3CCCC3)C=N2)cc(-c2cccc3c(=O)cc(N4CCOCC4)oc23)c1. The van der Waals surface area contributed by atoms with Crippen LogP contribution in [0.15, 0.2) is 61.7 Å². The number of nitrogens with zero attached hydrogens (tertiary/aromatic N) is 4. The summed E-state index contributed by atoms with van der Waals surface area (Å²) in [6.07, 6.45) is 6.28. The molecule has 1 unspecified atom stereocenters. The molecule has 3 aliphatic rings. The third-order valence-electron chi connectivity index (χ3n) is 8.19. The van der Waals surface area contributed by atoms with Gasteiger partial charge in [0.2, 0.25) is 11.8 Å². The average molecular weight is 574 g/mol. The molecule has 1 saturated carbocycles. The van der Waals surface area contributed by atoms with Gasteiger partial charge in [0, 0.05) is 50.5 Å². The molecule has 2 fully saturated rings. The fraction of sp³-hybridized carbons (Fsp3) is 0.419. The van der Waals surface area contributed by atoms with Gasteiger partial charge >= 0.3 is 5.97 Å². The van der Waals surface area contributed by atoms with Crippen molar-refractivity contribution in [1.29, 1.82) is 0 Å². The molecule has 1 atom stereocenters. The molecule has 42 heavy (non-hydrogen) atoms. The van der Waals surface area contributed by atoms with Crippen molar-refractivity contribution < 1.29 is 23.4 Å². The zero-order valence-electron chi connectivity index (χ0n) is 24.1. The summed E-state index contributed by atoms with van der Waals surface area (Å²) in [5.41, 5.74) is 2.52. The summed E-state index contributed by atoms with van der Waals surface area (Å²) >= 11 is 0. The number of hydrogen-bond donors (Lipinski definition) is 1. The maximum Gasteiger partial charge on any atom is 0.337 e. The summed E-state index contributed by atoms with van der Waals surface area (Å²) in [5, 5.41) is 3.71. The number of para-hydroxylation sites is 1. The van der Waals surface area contributed by atoms with Crippen LogP contribution in [0.2, 0.25) is 0 Å². The van der Waals surface area contributed by atoms with E-state index in [4.69, 9.17) is 23.6 Å². The van der Waals surface area contributed by atoms with E-state index in [0.29, 0.717) is 77.5 Å². The number of anilines is 2. The number of carbonyl (C=O) groups excluding carboxylic acids is 1. The van der Waals surface area contributed by atoms with Crippen molar-refractivity contribution in [3.05, 3.63) is 58.3 Å². The Balaban J connectivity index is 1.40. The number of morpholine rings is 1. The number of fused-ring (bicyclic) bond motifs is 1. The van der Waals surface area contributed by atoms with Gasteiger partial charge in [0.15, 0.2) is 11.3 Å². The Morgan fingerprint density at radius 2 is 1.88 bits per heavy atom. The molecule has 11 nitrogen and oxygen atoms in total. The Morgan fingerprint density at radius 3 is 2.62 bits per heavy atom. The van der Waals surface area contributed by atoms with E-state index in [1.54, 1.807) is 37.7 Å². The molecule has 3 aromatic rings. The molecular weight excluding hydrogens is 538 g/mol. The number of ether oxygens (including phenoxy) is 3. The molecule has 0 amide bonds. The van der Waals surface area contributed by atoms with Crippen molar-refractivity contribution in [2.45, 2.75) is 44.5 Å². The predicted octanol–water partition coefficient (Wildman–Crippen LogP) is 4.46. The number of aliphatic imine (C=N–C) groups is 2. The topological polar surface area (TPSA) is 118 Å². The first-order chi connectivity index (χ1) is 20.4. The molecule has 6 rings (SSSR count). The molecule has 0 radical (unpaired) electrons. The van der Waals surface area contributed by atoms with E-state index in [2.05, 4.69) is 15.2 Å². The minimum absolute atomic E-state index is 0.140. The minimum Gasteiger partial charge on any atom is -0.465 e. The highest BCUT2D eigenvalue weighted by molar-refractivity contribution is 6.02. The van der Waals surface area contributed by atoms with E-state index in [1.807, 2.05) is 24.0 Å². The molecule has 220 valence electrons. The first kappa shape index (κ1) is 27.9. The van der Waals surface area contributed by atoms with Crippen LogP contribution in [0.1, 0.15) is 43.0 Å². The highest BCUT2D eigenvalue weighted by atomic mass is 16.5. The van der Waals surface area contributed by atoms with E-state index in [9.17, 15) is 9.59 Å². The maximum atomic E-state index is 13.1. The first-order valence-electron chi connectivity index (χ1n) is 14.3. The molecule has 1 aromatic heterocycles. The second-order valence-corrected chi connectivity index (χ2v) is 10.8. The zero-order valence-corrected chi connectivity index (χ0v) is 24.1. The molecule has 11 heteroatoms. The Morgan fingerprint density at radius 1 is 1.10 bits per heavy atom. The summed E-state index contributed by atoms with van der Waals surface area (Å²) in [4.78, 5) is 39.3. The van der Waals surface area contributed by atoms with Crippen LogP contribution in [0.4, 0.5) is 11.6 Å². The Labute approximate surface area is 243 Å². The van der Waals surface area contributed by atoms with Gasteiger partial charge in [0.1, 0.15) is 5.58 Å². The first-order valence-corrected chi connectivity index (χ1v) is 14.3. The van der Waals surface area contributed by atoms with Crippen molar-refractivity contribution in [1.82, 2.24) is 4.90 Å². The Bertz CT molecular complexity index is 1610. The normalized spacial score (nSPS) is 21.1. The molecular formula is C31H35N5O6. The fourth-order valence-corrected chi connectivity index (χ4v) is 5.89. The highest BCUT2D eigenvalue weighted by Crippen LogP contribution is 2.34. The second-order valence-electron chi connectivity index (χ2n) is 10.8. The molecule has 1 saturated heterocycles. The van der Waals surface area contributed by atoms with E-state index in [1.165, 1.54) is 26.0 Å². The number of carbonyl (C=O) groups is 1. The number of benzene rings is 2. The molecule has 2 aromatic carbocycles. The lowest BCUT2D eigenvalue weighted by Crippen LogP contribution is -2.53. The van der Waals surface area contributed by atoms with Gasteiger partial charge in [-0.05, 0) is 42.7 Å². The summed E-state index contributed by atoms with van der Waals surface area (Å²) in [7, 11) is 2.97. The van der Waals surface area contributed by atoms with Crippen molar-refractivity contribution in [3.8, 4) is 11.1 Å². The Hall–Kier alpha value is -4.22. The quantitative estimate of drug-likeness (QED) is 0.427. The van der Waals surface area contributed by atoms with Gasteiger partial charge in [0.25, 0.3) is 0 Å². The third kappa shape index (κ3) is 5.37. The van der Waals surface area contributed by atoms with Crippen molar-refractivity contribution in [2.24, 2.45) is 9.98 Å². The number of nitrogens with one attached hydrogen (secondary N) is 1. The van der Waals surface area contributed by atoms with E-state index in [0.717, 1.165) is 12.8 Å². The van der Waals surface area contributed by atoms with E-state index in [-0.39, 0.29) is 5.43 Å². The predicted molar refractivity (Wildman–Crippen MR) is 161 cm³/mol. The van der Waals surface area contributed by atoms with Gasteiger partial charge in [-0.1, -0.05) is 25.0 Å². The van der Waals surface area contributed by atoms with Gasteiger partial charge in [-0.25, -0.2) is 9.79 Å². The van der Waals surface area contributed by atoms with Crippen LogP contribution in [0.25, 0.3) is 22.1 Å². The lowest BCUT2D eigenvalue weighted by atomic mass is 9.99. The zero-order chi connectivity index (χ0) is 29.3. The molecule has 1 aliphatic carbocycles. The van der Waals surface area contributed by atoms with Crippen LogP contribution in [-0.4, -0.2) is 75.6 Å². The average Bonchev–Trinajstić information content (AvgIpc) is 3.55. The van der Waals surface area contributed by atoms with Crippen LogP contribution >= 0.6 is 0 Å². The fourth-order valence-electron chi connectivity index (χ4n) is 5.89. The lowest BCUT2D eigenvalue weighted by molar-refractivity contribution is -0.0953. The molecule has 3 heterocycles. The smallest absolute Gasteiger partial charge is 0.337 e. The van der Waals surface area contributed by atoms with Gasteiger partial charge < -0.3 is 33.7 Å². The number of esters is 1. The summed E-state index contributed by atoms with van der Waals surface area (Å²) < 4.78 is 22.7. The lowest BCUT2D eigenvalue weighted by Gasteiger charge is -2.41. The van der Waals surface area contributed by atoms with Crippen LogP contribution in [0.3, 0.4) is 0 Å². The number of hydrogen-bond acceptors (Lipinski definition) is 11. The summed E-state index contributed by atoms with van der Waals surface area (Å²) in [5.74, 6) is -0.585. The number of guanidine groups is 1. The van der Waals surface area contributed by atoms with Gasteiger partial charge in [-0.2, -0.15) is 4.99 Å². The third-order valence-corrected chi connectivity index (χ3v) is 8.19. The van der Waals surface area contributed by atoms with Gasteiger partial charge in [-0.3, -0.25) is 4.79 Å². The second kappa shape index (κ2) is 11.6. The summed E-state index contributed by atoms with van der Waals surface area (Å²) in [6, 6.07) is 12.5. The monoisotopic (exact) mass is 573 g/mol. The van der Waals surface area contributed by atoms with E-state index < -0.39 is 11.8 Å². The summed E-state index contributed by atoms with van der Waals surface area (Å²) in [6.45, 7) is 4.30. The van der Waals surface area contributed by atoms with Crippen LogP contribution < -0.4 is 15.6 Å². The molecule has 0 bridgehead atoms. The van der Waals surface area contributed by atoms with Crippen molar-refractivity contribution >= 4 is 40.8 Å². The van der Waals surface area contributed by atoms with Gasteiger partial charge in [0.05, 0.1) is 37.6 Å². The minimum atomic E-state index is -0.920. The standard InChI is InChI=1S/C31H35N5O6/c1-31(40-3)34-30(32-19-36(31)23-7-4-5-8-23)33-22-16-20(15-21(17-22)29(38)39-2)24-9-6-10-25-26(37)18-27(42-28(24)25)35-11-13-41-14-12-35/h6,9-10,15-19,23H,4-5,7-8,11-14H2,1-3H3,(H,33,34). The van der Waals surface area contributed by atoms with Crippen LogP contribution in [0.5, 0.6) is 0 Å². The maximum absolute atomic E-state index is 13.1. The van der Waals surface area contributed by atoms with E-state index >= 15 is 0 Å². The number of rotatable bonds is 6.